The predicted molar refractivity (Wildman–Crippen MR) is 188 cm³/mol. The molecule has 0 bridgehead atoms. The molecule has 1 amide bonds. The molecule has 1 aliphatic heterocycles. The molecule has 0 radical (unpaired) electrons. The Bertz CT molecular complexity index is 2070. The summed E-state index contributed by atoms with van der Waals surface area (Å²) in [6, 6.07) is 7.30. The van der Waals surface area contributed by atoms with Crippen LogP contribution in [0.4, 0.5) is 26.3 Å². The lowest BCUT2D eigenvalue weighted by molar-refractivity contribution is -0.144. The number of aryl methyl sites for hydroxylation is 1. The van der Waals surface area contributed by atoms with Crippen molar-refractivity contribution in [3.05, 3.63) is 120 Å². The number of nitrogens with one attached hydrogen (secondary N) is 1. The SMILES string of the molecule is CCOC(=O)C[C@H](NC(=O)C(c1cc(Br)ccc1F)n1cc(CCN2CC(F)C2)c(C(F)(F)F)cc1=O)c1cc(-c2c(C)cccc2O)cc(Cl)c1F. The van der Waals surface area contributed by atoms with Crippen molar-refractivity contribution in [2.45, 2.75) is 51.1 Å². The number of phenols is 1. The van der Waals surface area contributed by atoms with Crippen LogP contribution in [0.5, 0.6) is 5.75 Å². The van der Waals surface area contributed by atoms with Crippen molar-refractivity contribution in [1.29, 1.82) is 0 Å². The number of aromatic hydroxyl groups is 1. The van der Waals surface area contributed by atoms with E-state index in [2.05, 4.69) is 21.2 Å². The third kappa shape index (κ3) is 9.07. The summed E-state index contributed by atoms with van der Waals surface area (Å²) in [6.07, 6.45) is -6.29. The smallest absolute Gasteiger partial charge is 0.416 e. The Morgan fingerprint density at radius 3 is 2.45 bits per heavy atom. The molecule has 5 rings (SSSR count). The van der Waals surface area contributed by atoms with E-state index in [0.29, 0.717) is 16.2 Å². The van der Waals surface area contributed by atoms with Crippen molar-refractivity contribution in [3.63, 3.8) is 0 Å². The Balaban J connectivity index is 1.65. The molecule has 282 valence electrons. The maximum atomic E-state index is 15.9. The largest absolute Gasteiger partial charge is 0.507 e. The number of halogens is 8. The number of rotatable bonds is 12. The van der Waals surface area contributed by atoms with Gasteiger partial charge in [0.25, 0.3) is 5.56 Å². The van der Waals surface area contributed by atoms with Crippen LogP contribution in [0.2, 0.25) is 5.02 Å². The molecule has 4 aromatic rings. The van der Waals surface area contributed by atoms with Gasteiger partial charge in [-0.25, -0.2) is 13.2 Å². The quantitative estimate of drug-likeness (QED) is 0.112. The number of pyridine rings is 1. The monoisotopic (exact) mass is 827 g/mol. The van der Waals surface area contributed by atoms with E-state index in [4.69, 9.17) is 16.3 Å². The van der Waals surface area contributed by atoms with Gasteiger partial charge in [0.05, 0.1) is 29.7 Å². The zero-order valence-electron chi connectivity index (χ0n) is 28.2. The number of aromatic nitrogens is 1. The molecule has 16 heteroatoms. The molecule has 8 nitrogen and oxygen atoms in total. The normalized spacial score (nSPS) is 14.8. The number of carbonyl (C=O) groups excluding carboxylic acids is 2. The van der Waals surface area contributed by atoms with E-state index < -0.39 is 81.6 Å². The molecular formula is C37H33BrClF6N3O5. The molecule has 0 aliphatic carbocycles. The van der Waals surface area contributed by atoms with Crippen LogP contribution in [0, 0.1) is 18.6 Å². The number of hydrogen-bond acceptors (Lipinski definition) is 6. The van der Waals surface area contributed by atoms with E-state index in [1.54, 1.807) is 24.0 Å². The van der Waals surface area contributed by atoms with Crippen LogP contribution < -0.4 is 10.9 Å². The van der Waals surface area contributed by atoms with Gasteiger partial charge in [0.1, 0.15) is 29.6 Å². The van der Waals surface area contributed by atoms with E-state index >= 15 is 8.78 Å². The van der Waals surface area contributed by atoms with Gasteiger partial charge in [-0.15, -0.1) is 0 Å². The molecule has 2 N–H and O–H groups in total. The molecule has 2 heterocycles. The standard InChI is InChI=1S/C37H33BrClF6N3O5/c1-3-53-32(51)15-29(25-11-21(12-27(39)34(25)42)33-19(2)5-4-6-30(33)49)46-36(52)35(24-13-22(38)7-8-28(24)41)48-16-20(9-10-47-17-23(40)18-47)26(14-31(48)50)37(43,44)45/h4-8,11-14,16,23,29,35,49H,3,9-10,15,17-18H2,1-2H3,(H,46,52)/t29-,35?/m0/s1. The third-order valence-electron chi connectivity index (χ3n) is 8.82. The van der Waals surface area contributed by atoms with E-state index in [-0.39, 0.29) is 59.6 Å². The van der Waals surface area contributed by atoms with Crippen LogP contribution in [0.1, 0.15) is 53.2 Å². The summed E-state index contributed by atoms with van der Waals surface area (Å²) in [4.78, 5) is 42.4. The molecule has 1 saturated heterocycles. The number of benzene rings is 3. The van der Waals surface area contributed by atoms with Crippen LogP contribution in [-0.4, -0.2) is 58.9 Å². The summed E-state index contributed by atoms with van der Waals surface area (Å²) in [5.74, 6) is -4.33. The second-order valence-corrected chi connectivity index (χ2v) is 13.9. The third-order valence-corrected chi connectivity index (χ3v) is 9.59. The van der Waals surface area contributed by atoms with Crippen molar-refractivity contribution >= 4 is 39.4 Å². The first-order chi connectivity index (χ1) is 25.0. The number of carbonyl (C=O) groups is 2. The van der Waals surface area contributed by atoms with E-state index in [1.165, 1.54) is 31.2 Å². The van der Waals surface area contributed by atoms with E-state index in [0.717, 1.165) is 18.3 Å². The maximum Gasteiger partial charge on any atom is 0.416 e. The molecule has 0 spiro atoms. The van der Waals surface area contributed by atoms with E-state index in [9.17, 15) is 37.1 Å². The van der Waals surface area contributed by atoms with Gasteiger partial charge in [-0.3, -0.25) is 23.9 Å². The number of alkyl halides is 4. The highest BCUT2D eigenvalue weighted by Crippen LogP contribution is 2.38. The zero-order valence-corrected chi connectivity index (χ0v) is 30.6. The van der Waals surface area contributed by atoms with Crippen LogP contribution in [0.3, 0.4) is 0 Å². The lowest BCUT2D eigenvalue weighted by atomic mass is 9.94. The predicted octanol–water partition coefficient (Wildman–Crippen LogP) is 7.84. The fourth-order valence-electron chi connectivity index (χ4n) is 6.28. The first kappa shape index (κ1) is 39.9. The minimum absolute atomic E-state index is 0.00174. The van der Waals surface area contributed by atoms with Gasteiger partial charge in [0.2, 0.25) is 5.91 Å². The van der Waals surface area contributed by atoms with Gasteiger partial charge < -0.3 is 15.2 Å². The van der Waals surface area contributed by atoms with Crippen molar-refractivity contribution in [3.8, 4) is 16.9 Å². The highest BCUT2D eigenvalue weighted by atomic mass is 79.9. The number of hydrogen-bond donors (Lipinski definition) is 2. The average molecular weight is 829 g/mol. The van der Waals surface area contributed by atoms with Crippen LogP contribution >= 0.6 is 27.5 Å². The summed E-state index contributed by atoms with van der Waals surface area (Å²) in [6.45, 7) is 3.14. The second kappa shape index (κ2) is 16.4. The minimum Gasteiger partial charge on any atom is -0.507 e. The molecule has 1 aromatic heterocycles. The summed E-state index contributed by atoms with van der Waals surface area (Å²) in [7, 11) is 0. The average Bonchev–Trinajstić information content (AvgIpc) is 3.06. The zero-order chi connectivity index (χ0) is 38.8. The summed E-state index contributed by atoms with van der Waals surface area (Å²) < 4.78 is 93.5. The van der Waals surface area contributed by atoms with Crippen molar-refractivity contribution in [2.24, 2.45) is 0 Å². The van der Waals surface area contributed by atoms with Gasteiger partial charge in [0, 0.05) is 53.1 Å². The summed E-state index contributed by atoms with van der Waals surface area (Å²) in [5.41, 5.74) is -2.74. The van der Waals surface area contributed by atoms with Crippen LogP contribution in [-0.2, 0) is 26.9 Å². The molecule has 0 saturated carbocycles. The number of phenolic OH excluding ortho intramolecular Hbond substituents is 1. The molecule has 2 atom stereocenters. The Labute approximate surface area is 313 Å². The minimum atomic E-state index is -4.98. The molecular weight excluding hydrogens is 796 g/mol. The Kier molecular flexibility index (Phi) is 12.3. The first-order valence-electron chi connectivity index (χ1n) is 16.4. The molecule has 1 fully saturated rings. The van der Waals surface area contributed by atoms with Crippen molar-refractivity contribution < 1.29 is 45.8 Å². The highest BCUT2D eigenvalue weighted by molar-refractivity contribution is 9.10. The van der Waals surface area contributed by atoms with Crippen molar-refractivity contribution in [2.75, 3.05) is 26.2 Å². The molecule has 3 aromatic carbocycles. The first-order valence-corrected chi connectivity index (χ1v) is 17.5. The fourth-order valence-corrected chi connectivity index (χ4v) is 6.88. The summed E-state index contributed by atoms with van der Waals surface area (Å²) in [5, 5.41) is 12.7. The number of ether oxygens (including phenoxy) is 1. The highest BCUT2D eigenvalue weighted by Gasteiger charge is 2.37. The Morgan fingerprint density at radius 2 is 1.81 bits per heavy atom. The molecule has 1 unspecified atom stereocenters. The number of likely N-dealkylation sites (tertiary alicyclic amines) is 1. The van der Waals surface area contributed by atoms with Gasteiger partial charge in [-0.05, 0) is 73.4 Å². The van der Waals surface area contributed by atoms with Gasteiger partial charge in [0.15, 0.2) is 0 Å². The summed E-state index contributed by atoms with van der Waals surface area (Å²) >= 11 is 9.50. The Morgan fingerprint density at radius 1 is 1.09 bits per heavy atom. The van der Waals surface area contributed by atoms with Gasteiger partial charge >= 0.3 is 12.1 Å². The topological polar surface area (TPSA) is 101 Å². The lowest BCUT2D eigenvalue weighted by Gasteiger charge is -2.34. The van der Waals surface area contributed by atoms with Gasteiger partial charge in [-0.2, -0.15) is 13.2 Å². The molecule has 1 aliphatic rings. The van der Waals surface area contributed by atoms with Gasteiger partial charge in [-0.1, -0.05) is 39.7 Å². The number of amides is 1. The van der Waals surface area contributed by atoms with Crippen molar-refractivity contribution in [1.82, 2.24) is 14.8 Å². The molecule has 53 heavy (non-hydrogen) atoms. The fraction of sp³-hybridized carbons (Fsp3) is 0.324. The number of esters is 1. The second-order valence-electron chi connectivity index (χ2n) is 12.5. The number of nitrogens with zero attached hydrogens (tertiary/aromatic N) is 2. The van der Waals surface area contributed by atoms with Crippen LogP contribution in [0.25, 0.3) is 11.1 Å². The van der Waals surface area contributed by atoms with E-state index in [1.807, 2.05) is 0 Å². The lowest BCUT2D eigenvalue weighted by Crippen LogP contribution is -2.49. The van der Waals surface area contributed by atoms with Crippen LogP contribution in [0.15, 0.2) is 70.1 Å². The Hall–Kier alpha value is -4.34. The maximum absolute atomic E-state index is 15.9.